The zero-order valence-electron chi connectivity index (χ0n) is 8.00. The third-order valence-electron chi connectivity index (χ3n) is 2.05. The van der Waals surface area contributed by atoms with Crippen LogP contribution in [0.2, 0.25) is 0 Å². The van der Waals surface area contributed by atoms with Gasteiger partial charge in [0.2, 0.25) is 0 Å². The molecule has 1 aromatic carbocycles. The monoisotopic (exact) mass is 181 g/mol. The maximum atomic E-state index is 9.64. The summed E-state index contributed by atoms with van der Waals surface area (Å²) in [6.45, 7) is 2.44. The number of nitrogens with two attached hydrogens (primary N) is 1. The smallest absolute Gasteiger partial charge is 0.161 e. The molecule has 1 rings (SSSR count). The van der Waals surface area contributed by atoms with Crippen molar-refractivity contribution >= 4 is 0 Å². The predicted octanol–water partition coefficient (Wildman–Crippen LogP) is 1.42. The number of benzene rings is 1. The van der Waals surface area contributed by atoms with Crippen LogP contribution in [-0.4, -0.2) is 12.2 Å². The van der Waals surface area contributed by atoms with E-state index >= 15 is 0 Å². The predicted molar refractivity (Wildman–Crippen MR) is 51.9 cm³/mol. The van der Waals surface area contributed by atoms with Crippen LogP contribution in [0.3, 0.4) is 0 Å². The number of phenols is 1. The van der Waals surface area contributed by atoms with E-state index in [2.05, 4.69) is 0 Å². The van der Waals surface area contributed by atoms with Crippen molar-refractivity contribution in [1.82, 2.24) is 0 Å². The van der Waals surface area contributed by atoms with Gasteiger partial charge in [0.25, 0.3) is 0 Å². The molecule has 13 heavy (non-hydrogen) atoms. The van der Waals surface area contributed by atoms with E-state index in [0.717, 1.165) is 17.5 Å². The van der Waals surface area contributed by atoms with Gasteiger partial charge in [-0.15, -0.1) is 0 Å². The quantitative estimate of drug-likeness (QED) is 0.741. The molecule has 0 saturated carbocycles. The first-order valence-corrected chi connectivity index (χ1v) is 4.31. The van der Waals surface area contributed by atoms with E-state index in [1.54, 1.807) is 6.07 Å². The largest absolute Gasteiger partial charge is 0.504 e. The molecule has 0 unspecified atom stereocenters. The number of aromatic hydroxyl groups is 1. The van der Waals surface area contributed by atoms with Gasteiger partial charge in [-0.25, -0.2) is 0 Å². The van der Waals surface area contributed by atoms with E-state index in [4.69, 9.17) is 10.5 Å². The van der Waals surface area contributed by atoms with Crippen LogP contribution in [0.4, 0.5) is 0 Å². The Morgan fingerprint density at radius 3 is 2.62 bits per heavy atom. The lowest BCUT2D eigenvalue weighted by Gasteiger charge is -2.09. The van der Waals surface area contributed by atoms with Crippen LogP contribution in [-0.2, 0) is 13.0 Å². The van der Waals surface area contributed by atoms with Gasteiger partial charge in [-0.3, -0.25) is 0 Å². The SMILES string of the molecule is CCc1cc(CN)cc(OC)c1O. The van der Waals surface area contributed by atoms with E-state index in [0.29, 0.717) is 12.3 Å². The van der Waals surface area contributed by atoms with Crippen molar-refractivity contribution in [1.29, 1.82) is 0 Å². The molecule has 1 aromatic rings. The number of rotatable bonds is 3. The van der Waals surface area contributed by atoms with Crippen LogP contribution >= 0.6 is 0 Å². The van der Waals surface area contributed by atoms with Gasteiger partial charge in [-0.2, -0.15) is 0 Å². The van der Waals surface area contributed by atoms with Crippen molar-refractivity contribution in [3.05, 3.63) is 23.3 Å². The number of hydrogen-bond donors (Lipinski definition) is 2. The molecule has 3 N–H and O–H groups in total. The molecule has 3 nitrogen and oxygen atoms in total. The summed E-state index contributed by atoms with van der Waals surface area (Å²) in [6, 6.07) is 3.66. The van der Waals surface area contributed by atoms with Gasteiger partial charge in [-0.1, -0.05) is 13.0 Å². The van der Waals surface area contributed by atoms with Crippen molar-refractivity contribution < 1.29 is 9.84 Å². The molecule has 3 heteroatoms. The van der Waals surface area contributed by atoms with Crippen LogP contribution < -0.4 is 10.5 Å². The van der Waals surface area contributed by atoms with E-state index < -0.39 is 0 Å². The summed E-state index contributed by atoms with van der Waals surface area (Å²) >= 11 is 0. The molecule has 0 radical (unpaired) electrons. The Hall–Kier alpha value is -1.22. The first kappa shape index (κ1) is 9.86. The Kier molecular flexibility index (Phi) is 3.14. The van der Waals surface area contributed by atoms with Gasteiger partial charge in [0.1, 0.15) is 0 Å². The topological polar surface area (TPSA) is 55.5 Å². The molecule has 0 aliphatic heterocycles. The highest BCUT2D eigenvalue weighted by molar-refractivity contribution is 5.48. The van der Waals surface area contributed by atoms with Crippen molar-refractivity contribution in [2.24, 2.45) is 5.73 Å². The minimum atomic E-state index is 0.224. The highest BCUT2D eigenvalue weighted by atomic mass is 16.5. The Morgan fingerprint density at radius 2 is 2.15 bits per heavy atom. The molecular formula is C10H15NO2. The van der Waals surface area contributed by atoms with Crippen molar-refractivity contribution in [3.63, 3.8) is 0 Å². The maximum Gasteiger partial charge on any atom is 0.161 e. The van der Waals surface area contributed by atoms with Crippen molar-refractivity contribution in [3.8, 4) is 11.5 Å². The maximum absolute atomic E-state index is 9.64. The molecule has 0 aliphatic rings. The number of phenolic OH excluding ortho intramolecular Hbond substituents is 1. The summed E-state index contributed by atoms with van der Waals surface area (Å²) in [6.07, 6.45) is 0.774. The second-order valence-corrected chi connectivity index (χ2v) is 2.86. The summed E-state index contributed by atoms with van der Waals surface area (Å²) < 4.78 is 5.02. The molecule has 0 aromatic heterocycles. The Morgan fingerprint density at radius 1 is 1.46 bits per heavy atom. The zero-order valence-corrected chi connectivity index (χ0v) is 8.00. The third-order valence-corrected chi connectivity index (χ3v) is 2.05. The molecule has 0 spiro atoms. The van der Waals surface area contributed by atoms with Gasteiger partial charge in [-0.05, 0) is 23.6 Å². The highest BCUT2D eigenvalue weighted by Crippen LogP contribution is 2.31. The first-order chi connectivity index (χ1) is 6.22. The molecule has 0 saturated heterocycles. The molecule has 0 aliphatic carbocycles. The van der Waals surface area contributed by atoms with Crippen LogP contribution in [0.15, 0.2) is 12.1 Å². The highest BCUT2D eigenvalue weighted by Gasteiger charge is 2.07. The van der Waals surface area contributed by atoms with Gasteiger partial charge in [0.15, 0.2) is 11.5 Å². The summed E-state index contributed by atoms with van der Waals surface area (Å²) in [5, 5.41) is 9.64. The average Bonchev–Trinajstić information content (AvgIpc) is 2.18. The van der Waals surface area contributed by atoms with Gasteiger partial charge < -0.3 is 15.6 Å². The lowest BCUT2D eigenvalue weighted by molar-refractivity contribution is 0.370. The van der Waals surface area contributed by atoms with Crippen LogP contribution in [0, 0.1) is 0 Å². The van der Waals surface area contributed by atoms with Crippen LogP contribution in [0.5, 0.6) is 11.5 Å². The van der Waals surface area contributed by atoms with E-state index in [1.807, 2.05) is 13.0 Å². The van der Waals surface area contributed by atoms with Gasteiger partial charge in [0, 0.05) is 6.54 Å². The standard InChI is InChI=1S/C10H15NO2/c1-3-8-4-7(6-11)5-9(13-2)10(8)12/h4-5,12H,3,6,11H2,1-2H3. The fourth-order valence-electron chi connectivity index (χ4n) is 1.27. The second kappa shape index (κ2) is 4.14. The Bertz CT molecular complexity index is 272. The lowest BCUT2D eigenvalue weighted by Crippen LogP contribution is -1.99. The minimum Gasteiger partial charge on any atom is -0.504 e. The van der Waals surface area contributed by atoms with E-state index in [9.17, 15) is 5.11 Å². The van der Waals surface area contributed by atoms with Crippen molar-refractivity contribution in [2.75, 3.05) is 7.11 Å². The summed E-state index contributed by atoms with van der Waals surface area (Å²) in [5.74, 6) is 0.724. The normalized spacial score (nSPS) is 10.1. The first-order valence-electron chi connectivity index (χ1n) is 4.31. The van der Waals surface area contributed by atoms with E-state index in [-0.39, 0.29) is 5.75 Å². The van der Waals surface area contributed by atoms with Gasteiger partial charge >= 0.3 is 0 Å². The van der Waals surface area contributed by atoms with E-state index in [1.165, 1.54) is 7.11 Å². The third kappa shape index (κ3) is 1.92. The number of aryl methyl sites for hydroxylation is 1. The molecule has 0 atom stereocenters. The molecule has 0 fully saturated rings. The minimum absolute atomic E-state index is 0.224. The molecule has 0 bridgehead atoms. The van der Waals surface area contributed by atoms with Crippen LogP contribution in [0.25, 0.3) is 0 Å². The van der Waals surface area contributed by atoms with Crippen LogP contribution in [0.1, 0.15) is 18.1 Å². The fourth-order valence-corrected chi connectivity index (χ4v) is 1.27. The lowest BCUT2D eigenvalue weighted by atomic mass is 10.1. The number of ether oxygens (including phenoxy) is 1. The Labute approximate surface area is 78.1 Å². The van der Waals surface area contributed by atoms with Crippen molar-refractivity contribution in [2.45, 2.75) is 19.9 Å². The molecular weight excluding hydrogens is 166 g/mol. The second-order valence-electron chi connectivity index (χ2n) is 2.86. The molecule has 72 valence electrons. The number of methoxy groups -OCH3 is 1. The molecule has 0 heterocycles. The molecule has 0 amide bonds. The fraction of sp³-hybridized carbons (Fsp3) is 0.400. The zero-order chi connectivity index (χ0) is 9.84. The number of hydrogen-bond acceptors (Lipinski definition) is 3. The van der Waals surface area contributed by atoms with Gasteiger partial charge in [0.05, 0.1) is 7.11 Å². The summed E-state index contributed by atoms with van der Waals surface area (Å²) in [7, 11) is 1.54. The average molecular weight is 181 g/mol. The Balaban J connectivity index is 3.20. The summed E-state index contributed by atoms with van der Waals surface area (Å²) in [5.41, 5.74) is 7.36. The summed E-state index contributed by atoms with van der Waals surface area (Å²) in [4.78, 5) is 0.